The zero-order valence-electron chi connectivity index (χ0n) is 13.3. The Morgan fingerprint density at radius 2 is 1.88 bits per heavy atom. The minimum atomic E-state index is 0.449. The maximum atomic E-state index is 5.30. The predicted molar refractivity (Wildman–Crippen MR) is 104 cm³/mol. The van der Waals surface area contributed by atoms with Gasteiger partial charge in [-0.1, -0.05) is 34.1 Å². The molecule has 0 aliphatic heterocycles. The van der Waals surface area contributed by atoms with Crippen molar-refractivity contribution < 1.29 is 0 Å². The van der Waals surface area contributed by atoms with Crippen molar-refractivity contribution in [2.75, 3.05) is 19.0 Å². The zero-order valence-corrected chi connectivity index (χ0v) is 15.7. The van der Waals surface area contributed by atoms with Crippen molar-refractivity contribution in [2.24, 2.45) is 5.10 Å². The van der Waals surface area contributed by atoms with E-state index in [-0.39, 0.29) is 0 Å². The lowest BCUT2D eigenvalue weighted by Gasteiger charge is -2.12. The summed E-state index contributed by atoms with van der Waals surface area (Å²) < 4.78 is 3.05. The molecule has 1 heterocycles. The van der Waals surface area contributed by atoms with Crippen LogP contribution in [0.5, 0.6) is 0 Å². The summed E-state index contributed by atoms with van der Waals surface area (Å²) >= 11 is 8.81. The van der Waals surface area contributed by atoms with Crippen molar-refractivity contribution in [1.82, 2.24) is 14.9 Å². The van der Waals surface area contributed by atoms with Crippen LogP contribution in [0.25, 0.3) is 11.4 Å². The van der Waals surface area contributed by atoms with Gasteiger partial charge in [0.05, 0.1) is 6.21 Å². The van der Waals surface area contributed by atoms with Gasteiger partial charge >= 0.3 is 0 Å². The van der Waals surface area contributed by atoms with E-state index in [1.54, 1.807) is 10.9 Å². The predicted octanol–water partition coefficient (Wildman–Crippen LogP) is 4.32. The molecule has 0 saturated carbocycles. The Balaban J connectivity index is 1.97. The van der Waals surface area contributed by atoms with Crippen LogP contribution in [0.1, 0.15) is 5.56 Å². The molecular formula is C17H16BrN5S. The third kappa shape index (κ3) is 3.47. The van der Waals surface area contributed by atoms with Crippen LogP contribution in [0.4, 0.5) is 5.69 Å². The minimum absolute atomic E-state index is 0.449. The molecule has 0 radical (unpaired) electrons. The van der Waals surface area contributed by atoms with Crippen LogP contribution >= 0.6 is 28.1 Å². The van der Waals surface area contributed by atoms with E-state index in [0.29, 0.717) is 10.6 Å². The van der Waals surface area contributed by atoms with Crippen LogP contribution in [0.3, 0.4) is 0 Å². The van der Waals surface area contributed by atoms with E-state index >= 15 is 0 Å². The fourth-order valence-electron chi connectivity index (χ4n) is 2.19. The smallest absolute Gasteiger partial charge is 0.216 e. The normalized spacial score (nSPS) is 11.1. The fraction of sp³-hybridized carbons (Fsp3) is 0.118. The van der Waals surface area contributed by atoms with Gasteiger partial charge in [0.1, 0.15) is 0 Å². The monoisotopic (exact) mass is 401 g/mol. The molecule has 122 valence electrons. The first kappa shape index (κ1) is 16.6. The number of hydrogen-bond acceptors (Lipinski definition) is 4. The molecule has 3 rings (SSSR count). The highest BCUT2D eigenvalue weighted by Crippen LogP contribution is 2.21. The molecule has 0 aliphatic rings. The molecular weight excluding hydrogens is 386 g/mol. The van der Waals surface area contributed by atoms with Gasteiger partial charge in [-0.2, -0.15) is 14.9 Å². The molecule has 0 aliphatic carbocycles. The SMILES string of the molecule is CN(C)c1ccc(-c2n[nH]c(=S)n2N=Cc2ccccc2Br)cc1. The number of nitrogens with zero attached hydrogens (tertiary/aromatic N) is 4. The van der Waals surface area contributed by atoms with Crippen molar-refractivity contribution in [3.05, 3.63) is 63.3 Å². The van der Waals surface area contributed by atoms with Crippen LogP contribution in [0.2, 0.25) is 0 Å². The fourth-order valence-corrected chi connectivity index (χ4v) is 2.76. The second-order valence-corrected chi connectivity index (χ2v) is 6.61. The lowest BCUT2D eigenvalue weighted by molar-refractivity contribution is 0.871. The Hall–Kier alpha value is -2.25. The topological polar surface area (TPSA) is 49.2 Å². The molecule has 0 atom stereocenters. The summed E-state index contributed by atoms with van der Waals surface area (Å²) in [7, 11) is 4.01. The molecule has 0 saturated heterocycles. The molecule has 0 fully saturated rings. The summed E-state index contributed by atoms with van der Waals surface area (Å²) in [5.41, 5.74) is 3.03. The quantitative estimate of drug-likeness (QED) is 0.523. The number of aromatic amines is 1. The van der Waals surface area contributed by atoms with Crippen molar-refractivity contribution in [3.63, 3.8) is 0 Å². The van der Waals surface area contributed by atoms with Crippen LogP contribution in [0, 0.1) is 4.77 Å². The highest BCUT2D eigenvalue weighted by molar-refractivity contribution is 9.10. The van der Waals surface area contributed by atoms with Gasteiger partial charge in [0.15, 0.2) is 5.82 Å². The number of benzene rings is 2. The first-order valence-electron chi connectivity index (χ1n) is 7.30. The van der Waals surface area contributed by atoms with E-state index in [1.807, 2.05) is 67.5 Å². The van der Waals surface area contributed by atoms with Gasteiger partial charge in [-0.15, -0.1) is 0 Å². The third-order valence-corrected chi connectivity index (χ3v) is 4.50. The largest absolute Gasteiger partial charge is 0.378 e. The van der Waals surface area contributed by atoms with Crippen molar-refractivity contribution in [2.45, 2.75) is 0 Å². The standard InChI is InChI=1S/C17H16BrN5S/c1-22(2)14-9-7-12(8-10-14)16-20-21-17(24)23(16)19-11-13-5-3-4-6-15(13)18/h3-11H,1-2H3,(H,21,24). The summed E-state index contributed by atoms with van der Waals surface area (Å²) in [5, 5.41) is 11.6. The molecule has 0 bridgehead atoms. The van der Waals surface area contributed by atoms with Gasteiger partial charge < -0.3 is 4.90 Å². The van der Waals surface area contributed by atoms with Gasteiger partial charge in [-0.05, 0) is 42.5 Å². The third-order valence-electron chi connectivity index (χ3n) is 3.51. The minimum Gasteiger partial charge on any atom is -0.378 e. The average Bonchev–Trinajstić information content (AvgIpc) is 2.95. The first-order chi connectivity index (χ1) is 11.6. The molecule has 1 N–H and O–H groups in total. The summed E-state index contributed by atoms with van der Waals surface area (Å²) in [4.78, 5) is 2.05. The van der Waals surface area contributed by atoms with E-state index in [4.69, 9.17) is 12.2 Å². The lowest BCUT2D eigenvalue weighted by atomic mass is 10.2. The van der Waals surface area contributed by atoms with Gasteiger partial charge in [-0.25, -0.2) is 5.10 Å². The van der Waals surface area contributed by atoms with E-state index in [0.717, 1.165) is 21.3 Å². The molecule has 5 nitrogen and oxygen atoms in total. The molecule has 0 amide bonds. The Morgan fingerprint density at radius 1 is 1.17 bits per heavy atom. The summed E-state index contributed by atoms with van der Waals surface area (Å²) in [5.74, 6) is 0.675. The van der Waals surface area contributed by atoms with Gasteiger partial charge in [0.25, 0.3) is 0 Å². The van der Waals surface area contributed by atoms with Crippen LogP contribution in [-0.2, 0) is 0 Å². The lowest BCUT2D eigenvalue weighted by Crippen LogP contribution is -2.08. The number of rotatable bonds is 4. The highest BCUT2D eigenvalue weighted by Gasteiger charge is 2.08. The van der Waals surface area contributed by atoms with Gasteiger partial charge in [0.2, 0.25) is 4.77 Å². The molecule has 7 heteroatoms. The first-order valence-corrected chi connectivity index (χ1v) is 8.50. The molecule has 3 aromatic rings. The maximum absolute atomic E-state index is 5.30. The zero-order chi connectivity index (χ0) is 17.1. The second-order valence-electron chi connectivity index (χ2n) is 5.37. The second kappa shape index (κ2) is 7.11. The van der Waals surface area contributed by atoms with Crippen molar-refractivity contribution in [3.8, 4) is 11.4 Å². The van der Waals surface area contributed by atoms with E-state index in [1.165, 1.54) is 0 Å². The molecule has 0 spiro atoms. The number of hydrogen-bond donors (Lipinski definition) is 1. The van der Waals surface area contributed by atoms with Crippen LogP contribution in [0.15, 0.2) is 58.1 Å². The molecule has 2 aromatic carbocycles. The Morgan fingerprint density at radius 3 is 2.54 bits per heavy atom. The van der Waals surface area contributed by atoms with Crippen molar-refractivity contribution >= 4 is 40.0 Å². The maximum Gasteiger partial charge on any atom is 0.216 e. The Bertz CT molecular complexity index is 925. The number of anilines is 1. The number of nitrogens with one attached hydrogen (secondary N) is 1. The van der Waals surface area contributed by atoms with Gasteiger partial charge in [0, 0.05) is 35.4 Å². The molecule has 24 heavy (non-hydrogen) atoms. The average molecular weight is 402 g/mol. The van der Waals surface area contributed by atoms with E-state index in [2.05, 4.69) is 31.2 Å². The Kier molecular flexibility index (Phi) is 4.92. The number of H-pyrrole nitrogens is 1. The van der Waals surface area contributed by atoms with E-state index in [9.17, 15) is 0 Å². The molecule has 0 unspecified atom stereocenters. The Labute approximate surface area is 153 Å². The number of halogens is 1. The van der Waals surface area contributed by atoms with Gasteiger partial charge in [-0.3, -0.25) is 0 Å². The summed E-state index contributed by atoms with van der Waals surface area (Å²) in [6.07, 6.45) is 1.76. The summed E-state index contributed by atoms with van der Waals surface area (Å²) in [6.45, 7) is 0. The molecule has 1 aromatic heterocycles. The van der Waals surface area contributed by atoms with E-state index < -0.39 is 0 Å². The van der Waals surface area contributed by atoms with Crippen LogP contribution in [-0.4, -0.2) is 35.2 Å². The van der Waals surface area contributed by atoms with Crippen LogP contribution < -0.4 is 4.90 Å². The number of aromatic nitrogens is 3. The van der Waals surface area contributed by atoms with Crippen molar-refractivity contribution in [1.29, 1.82) is 0 Å². The highest BCUT2D eigenvalue weighted by atomic mass is 79.9. The summed E-state index contributed by atoms with van der Waals surface area (Å²) in [6, 6.07) is 15.9.